The molecule has 1 heterocycles. The molecule has 4 amide bonds. The van der Waals surface area contributed by atoms with Gasteiger partial charge in [0.2, 0.25) is 21.8 Å². The average molecular weight is 497 g/mol. The van der Waals surface area contributed by atoms with Crippen molar-refractivity contribution in [2.45, 2.75) is 24.3 Å². The van der Waals surface area contributed by atoms with Gasteiger partial charge in [0.05, 0.1) is 16.7 Å². The van der Waals surface area contributed by atoms with Crippen molar-refractivity contribution in [3.63, 3.8) is 0 Å². The predicted molar refractivity (Wildman–Crippen MR) is 125 cm³/mol. The van der Waals surface area contributed by atoms with Gasteiger partial charge in [-0.05, 0) is 36.6 Å². The number of hydrazine groups is 1. The first-order valence-corrected chi connectivity index (χ1v) is 12.5. The van der Waals surface area contributed by atoms with Gasteiger partial charge in [-0.2, -0.15) is 0 Å². The predicted octanol–water partition coefficient (Wildman–Crippen LogP) is 0.877. The molecular formula is C24H24N4O6S. The van der Waals surface area contributed by atoms with Crippen molar-refractivity contribution in [2.24, 2.45) is 11.8 Å². The molecule has 0 saturated carbocycles. The standard InChI is InChI=1S/C24H24N4O6S/c29-21(15-28-23(31)19-11-4-5-12-20(19)24(28)32)26-27-22(30)17-9-6-10-18(13-17)35(33,34)25-14-16-7-2-1-3-8-16/h1-10,13,19-20,25H,11-12,14-15H2,(H,26,29)(H,27,30)/t19-,20-/m0/s1. The lowest BCUT2D eigenvalue weighted by atomic mass is 9.85. The van der Waals surface area contributed by atoms with Crippen LogP contribution in [0.5, 0.6) is 0 Å². The van der Waals surface area contributed by atoms with E-state index in [1.54, 1.807) is 24.3 Å². The Morgan fingerprint density at radius 3 is 2.20 bits per heavy atom. The number of carbonyl (C=O) groups is 4. The zero-order valence-electron chi connectivity index (χ0n) is 18.6. The molecule has 3 N–H and O–H groups in total. The third-order valence-electron chi connectivity index (χ3n) is 5.93. The smallest absolute Gasteiger partial charge is 0.269 e. The molecule has 0 radical (unpaired) electrons. The van der Waals surface area contributed by atoms with E-state index in [9.17, 15) is 27.6 Å². The molecule has 1 saturated heterocycles. The summed E-state index contributed by atoms with van der Waals surface area (Å²) in [5.74, 6) is -3.20. The van der Waals surface area contributed by atoms with Crippen LogP contribution in [0.1, 0.15) is 28.8 Å². The first kappa shape index (κ1) is 24.3. The fourth-order valence-corrected chi connectivity index (χ4v) is 5.13. The Balaban J connectivity index is 1.33. The average Bonchev–Trinajstić information content (AvgIpc) is 3.11. The topological polar surface area (TPSA) is 142 Å². The van der Waals surface area contributed by atoms with E-state index in [4.69, 9.17) is 0 Å². The molecule has 1 fully saturated rings. The van der Waals surface area contributed by atoms with Gasteiger partial charge in [0.1, 0.15) is 6.54 Å². The van der Waals surface area contributed by atoms with E-state index in [1.807, 2.05) is 18.2 Å². The third kappa shape index (κ3) is 5.47. The molecule has 0 bridgehead atoms. The number of hydrogen-bond acceptors (Lipinski definition) is 6. The van der Waals surface area contributed by atoms with Crippen molar-refractivity contribution in [3.8, 4) is 0 Å². The van der Waals surface area contributed by atoms with Crippen LogP contribution in [0.3, 0.4) is 0 Å². The summed E-state index contributed by atoms with van der Waals surface area (Å²) in [7, 11) is -3.89. The van der Waals surface area contributed by atoms with E-state index in [1.165, 1.54) is 24.3 Å². The van der Waals surface area contributed by atoms with Crippen LogP contribution in [-0.2, 0) is 31.0 Å². The van der Waals surface area contributed by atoms with Crippen LogP contribution in [-0.4, -0.2) is 43.5 Å². The quantitative estimate of drug-likeness (QED) is 0.295. The van der Waals surface area contributed by atoms with Crippen molar-refractivity contribution >= 4 is 33.7 Å². The van der Waals surface area contributed by atoms with Gasteiger partial charge in [0.15, 0.2) is 0 Å². The Bertz CT molecular complexity index is 1270. The van der Waals surface area contributed by atoms with E-state index in [2.05, 4.69) is 15.6 Å². The van der Waals surface area contributed by atoms with Crippen LogP contribution in [0.2, 0.25) is 0 Å². The number of rotatable bonds is 7. The molecule has 1 aliphatic heterocycles. The second-order valence-corrected chi connectivity index (χ2v) is 10.0. The van der Waals surface area contributed by atoms with Crippen LogP contribution in [0, 0.1) is 11.8 Å². The Hall–Kier alpha value is -3.83. The summed E-state index contributed by atoms with van der Waals surface area (Å²) in [4.78, 5) is 50.5. The Labute approximate surface area is 202 Å². The van der Waals surface area contributed by atoms with Crippen molar-refractivity contribution in [1.29, 1.82) is 0 Å². The molecule has 0 unspecified atom stereocenters. The van der Waals surface area contributed by atoms with Crippen LogP contribution in [0.15, 0.2) is 71.6 Å². The molecule has 0 aromatic heterocycles. The Morgan fingerprint density at radius 2 is 1.54 bits per heavy atom. The number of sulfonamides is 1. The van der Waals surface area contributed by atoms with Gasteiger partial charge in [-0.25, -0.2) is 13.1 Å². The second-order valence-electron chi connectivity index (χ2n) is 8.26. The number of imide groups is 1. The first-order chi connectivity index (χ1) is 16.8. The molecule has 2 atom stereocenters. The van der Waals surface area contributed by atoms with Gasteiger partial charge < -0.3 is 0 Å². The number of carbonyl (C=O) groups excluding carboxylic acids is 4. The third-order valence-corrected chi connectivity index (χ3v) is 7.33. The fraction of sp³-hybridized carbons (Fsp3) is 0.250. The highest BCUT2D eigenvalue weighted by Gasteiger charge is 2.47. The largest absolute Gasteiger partial charge is 0.274 e. The van der Waals surface area contributed by atoms with E-state index >= 15 is 0 Å². The minimum Gasteiger partial charge on any atom is -0.274 e. The van der Waals surface area contributed by atoms with Crippen LogP contribution < -0.4 is 15.6 Å². The summed E-state index contributed by atoms with van der Waals surface area (Å²) in [6.45, 7) is -0.426. The number of amides is 4. The minimum atomic E-state index is -3.89. The summed E-state index contributed by atoms with van der Waals surface area (Å²) < 4.78 is 27.7. The van der Waals surface area contributed by atoms with Gasteiger partial charge in [0.25, 0.3) is 11.8 Å². The van der Waals surface area contributed by atoms with Gasteiger partial charge >= 0.3 is 0 Å². The zero-order chi connectivity index (χ0) is 25.0. The zero-order valence-corrected chi connectivity index (χ0v) is 19.5. The van der Waals surface area contributed by atoms with Crippen LogP contribution in [0.4, 0.5) is 0 Å². The van der Waals surface area contributed by atoms with Gasteiger partial charge in [0, 0.05) is 12.1 Å². The second kappa shape index (κ2) is 10.2. The first-order valence-electron chi connectivity index (χ1n) is 11.0. The molecule has 2 aromatic rings. The molecule has 4 rings (SSSR count). The number of nitrogens with zero attached hydrogens (tertiary/aromatic N) is 1. The molecule has 2 aliphatic rings. The molecule has 11 heteroatoms. The number of benzene rings is 2. The Kier molecular flexibility index (Phi) is 7.08. The molecule has 10 nitrogen and oxygen atoms in total. The summed E-state index contributed by atoms with van der Waals surface area (Å²) in [5, 5.41) is 0. The lowest BCUT2D eigenvalue weighted by molar-refractivity contribution is -0.143. The van der Waals surface area contributed by atoms with Gasteiger partial charge in [-0.15, -0.1) is 0 Å². The van der Waals surface area contributed by atoms with Gasteiger partial charge in [-0.1, -0.05) is 48.6 Å². The lowest BCUT2D eigenvalue weighted by Crippen LogP contribution is -2.48. The maximum absolute atomic E-state index is 12.6. The number of likely N-dealkylation sites (tertiary alicyclic amines) is 1. The maximum Gasteiger partial charge on any atom is 0.269 e. The van der Waals surface area contributed by atoms with E-state index in [0.29, 0.717) is 12.8 Å². The van der Waals surface area contributed by atoms with Crippen LogP contribution >= 0.6 is 0 Å². The maximum atomic E-state index is 12.6. The number of allylic oxidation sites excluding steroid dienone is 2. The monoisotopic (exact) mass is 496 g/mol. The highest BCUT2D eigenvalue weighted by molar-refractivity contribution is 7.89. The molecule has 0 spiro atoms. The molecule has 2 aromatic carbocycles. The Morgan fingerprint density at radius 1 is 0.886 bits per heavy atom. The van der Waals surface area contributed by atoms with Crippen LogP contribution in [0.25, 0.3) is 0 Å². The highest BCUT2D eigenvalue weighted by atomic mass is 32.2. The summed E-state index contributed by atoms with van der Waals surface area (Å²) in [6.07, 6.45) is 4.62. The van der Waals surface area contributed by atoms with Crippen molar-refractivity contribution in [1.82, 2.24) is 20.5 Å². The number of fused-ring (bicyclic) bond motifs is 1. The molecule has 1 aliphatic carbocycles. The fourth-order valence-electron chi connectivity index (χ4n) is 4.07. The summed E-state index contributed by atoms with van der Waals surface area (Å²) in [6, 6.07) is 14.3. The SMILES string of the molecule is O=C(CN1C(=O)[C@H]2CC=CC[C@@H]2C1=O)NNC(=O)c1cccc(S(=O)(=O)NCc2ccccc2)c1. The molecule has 182 valence electrons. The number of nitrogens with one attached hydrogen (secondary N) is 3. The van der Waals surface area contributed by atoms with E-state index in [0.717, 1.165) is 10.5 Å². The van der Waals surface area contributed by atoms with E-state index < -0.39 is 52.0 Å². The minimum absolute atomic E-state index is 0.00157. The highest BCUT2D eigenvalue weighted by Crippen LogP contribution is 2.34. The van der Waals surface area contributed by atoms with Crippen molar-refractivity contribution in [3.05, 3.63) is 77.9 Å². The number of hydrogen-bond donors (Lipinski definition) is 3. The summed E-state index contributed by atoms with van der Waals surface area (Å²) >= 11 is 0. The van der Waals surface area contributed by atoms with E-state index in [-0.39, 0.29) is 17.0 Å². The normalized spacial score (nSPS) is 19.4. The van der Waals surface area contributed by atoms with Crippen molar-refractivity contribution < 1.29 is 27.6 Å². The van der Waals surface area contributed by atoms with Gasteiger partial charge in [-0.3, -0.25) is 34.9 Å². The molecular weight excluding hydrogens is 472 g/mol. The van der Waals surface area contributed by atoms with Crippen molar-refractivity contribution in [2.75, 3.05) is 6.54 Å². The lowest BCUT2D eigenvalue weighted by Gasteiger charge is -2.15. The molecule has 35 heavy (non-hydrogen) atoms. The summed E-state index contributed by atoms with van der Waals surface area (Å²) in [5.41, 5.74) is 5.13.